The van der Waals surface area contributed by atoms with Gasteiger partial charge in [0, 0.05) is 18.6 Å². The summed E-state index contributed by atoms with van der Waals surface area (Å²) >= 11 is 5.97. The van der Waals surface area contributed by atoms with Crippen molar-refractivity contribution in [1.82, 2.24) is 10.2 Å². The summed E-state index contributed by atoms with van der Waals surface area (Å²) in [5.74, 6) is -1.38. The van der Waals surface area contributed by atoms with E-state index < -0.39 is 18.1 Å². The van der Waals surface area contributed by atoms with Gasteiger partial charge in [-0.3, -0.25) is 0 Å². The Balaban J connectivity index is 2.50. The number of benzene rings is 1. The van der Waals surface area contributed by atoms with Gasteiger partial charge < -0.3 is 20.4 Å². The number of urea groups is 1. The minimum atomic E-state index is -1.61. The molecule has 7 heteroatoms. The van der Waals surface area contributed by atoms with Gasteiger partial charge in [0.05, 0.1) is 6.54 Å². The van der Waals surface area contributed by atoms with Crippen molar-refractivity contribution in [2.45, 2.75) is 12.6 Å². The number of rotatable bonds is 5. The highest BCUT2D eigenvalue weighted by Gasteiger charge is 2.16. The summed E-state index contributed by atoms with van der Waals surface area (Å²) in [6, 6.07) is 6.62. The van der Waals surface area contributed by atoms with E-state index in [1.54, 1.807) is 31.3 Å². The Bertz CT molecular complexity index is 467. The number of halogens is 1. The van der Waals surface area contributed by atoms with Crippen molar-refractivity contribution in [3.63, 3.8) is 0 Å². The van der Waals surface area contributed by atoms with E-state index in [1.807, 2.05) is 0 Å². The molecule has 0 spiro atoms. The number of hydrogen-bond acceptors (Lipinski definition) is 3. The predicted octanol–water partition coefficient (Wildman–Crippen LogP) is 0.927. The molecule has 0 bridgehead atoms. The van der Waals surface area contributed by atoms with Crippen molar-refractivity contribution in [3.05, 3.63) is 34.9 Å². The number of nitrogens with one attached hydrogen (secondary N) is 1. The molecule has 2 amide bonds. The molecular formula is C12H15ClN2O4. The molecule has 6 nitrogen and oxygen atoms in total. The van der Waals surface area contributed by atoms with Gasteiger partial charge in [0.2, 0.25) is 0 Å². The van der Waals surface area contributed by atoms with Crippen molar-refractivity contribution in [1.29, 1.82) is 0 Å². The topological polar surface area (TPSA) is 89.9 Å². The molecule has 19 heavy (non-hydrogen) atoms. The van der Waals surface area contributed by atoms with Gasteiger partial charge in [0.25, 0.3) is 0 Å². The van der Waals surface area contributed by atoms with Crippen LogP contribution in [0.25, 0.3) is 0 Å². The summed E-state index contributed by atoms with van der Waals surface area (Å²) in [6.07, 6.45) is -1.61. The third-order valence-corrected chi connectivity index (χ3v) is 2.81. The lowest BCUT2D eigenvalue weighted by Gasteiger charge is -2.19. The molecule has 1 atom stereocenters. The zero-order chi connectivity index (χ0) is 14.4. The van der Waals surface area contributed by atoms with Crippen molar-refractivity contribution in [2.24, 2.45) is 0 Å². The maximum Gasteiger partial charge on any atom is 0.334 e. The van der Waals surface area contributed by atoms with Gasteiger partial charge in [-0.05, 0) is 11.6 Å². The molecule has 0 saturated carbocycles. The molecule has 1 rings (SSSR count). The van der Waals surface area contributed by atoms with Crippen LogP contribution in [-0.4, -0.2) is 46.8 Å². The lowest BCUT2D eigenvalue weighted by molar-refractivity contribution is -0.146. The summed E-state index contributed by atoms with van der Waals surface area (Å²) in [7, 11) is 1.55. The lowest BCUT2D eigenvalue weighted by Crippen LogP contribution is -2.42. The highest BCUT2D eigenvalue weighted by molar-refractivity contribution is 6.31. The van der Waals surface area contributed by atoms with E-state index in [2.05, 4.69) is 5.32 Å². The van der Waals surface area contributed by atoms with Gasteiger partial charge in [0.1, 0.15) is 0 Å². The Morgan fingerprint density at radius 2 is 2.05 bits per heavy atom. The zero-order valence-electron chi connectivity index (χ0n) is 10.3. The molecule has 0 fully saturated rings. The summed E-state index contributed by atoms with van der Waals surface area (Å²) in [6.45, 7) is -0.0598. The molecule has 0 aliphatic heterocycles. The first kappa shape index (κ1) is 15.3. The van der Waals surface area contributed by atoms with Crippen molar-refractivity contribution >= 4 is 23.6 Å². The number of nitrogens with zero attached hydrogens (tertiary/aromatic N) is 1. The molecule has 1 aromatic carbocycles. The van der Waals surface area contributed by atoms with Crippen molar-refractivity contribution in [2.75, 3.05) is 13.6 Å². The fraction of sp³-hybridized carbons (Fsp3) is 0.333. The third kappa shape index (κ3) is 4.76. The normalized spacial score (nSPS) is 11.7. The Morgan fingerprint density at radius 1 is 1.42 bits per heavy atom. The monoisotopic (exact) mass is 286 g/mol. The summed E-state index contributed by atoms with van der Waals surface area (Å²) in [5.41, 5.74) is 0.778. The van der Waals surface area contributed by atoms with Gasteiger partial charge in [-0.1, -0.05) is 29.8 Å². The summed E-state index contributed by atoms with van der Waals surface area (Å²) in [5, 5.41) is 20.4. The largest absolute Gasteiger partial charge is 0.479 e. The van der Waals surface area contributed by atoms with Crippen molar-refractivity contribution < 1.29 is 19.8 Å². The van der Waals surface area contributed by atoms with E-state index in [9.17, 15) is 9.59 Å². The van der Waals surface area contributed by atoms with Crippen LogP contribution in [-0.2, 0) is 11.3 Å². The van der Waals surface area contributed by atoms with Gasteiger partial charge in [-0.25, -0.2) is 9.59 Å². The first-order chi connectivity index (χ1) is 8.91. The quantitative estimate of drug-likeness (QED) is 0.751. The molecular weight excluding hydrogens is 272 g/mol. The molecule has 104 valence electrons. The number of aliphatic hydroxyl groups is 1. The Morgan fingerprint density at radius 3 is 2.63 bits per heavy atom. The number of carbonyl (C=O) groups is 2. The second-order valence-electron chi connectivity index (χ2n) is 3.99. The number of aliphatic carboxylic acids is 1. The molecule has 0 heterocycles. The molecule has 0 aromatic heterocycles. The molecule has 1 aromatic rings. The maximum absolute atomic E-state index is 11.7. The number of carboxylic acids is 1. The van der Waals surface area contributed by atoms with Crippen LogP contribution in [0.4, 0.5) is 4.79 Å². The van der Waals surface area contributed by atoms with Crippen molar-refractivity contribution in [3.8, 4) is 0 Å². The molecule has 0 radical (unpaired) electrons. The zero-order valence-corrected chi connectivity index (χ0v) is 11.1. The summed E-state index contributed by atoms with van der Waals surface area (Å²) < 4.78 is 0. The maximum atomic E-state index is 11.7. The van der Waals surface area contributed by atoms with Crippen LogP contribution in [0.15, 0.2) is 24.3 Å². The van der Waals surface area contributed by atoms with E-state index >= 15 is 0 Å². The van der Waals surface area contributed by atoms with Gasteiger partial charge in [-0.2, -0.15) is 0 Å². The van der Waals surface area contributed by atoms with Gasteiger partial charge in [-0.15, -0.1) is 0 Å². The fourth-order valence-corrected chi connectivity index (χ4v) is 1.56. The van der Waals surface area contributed by atoms with E-state index in [0.717, 1.165) is 5.56 Å². The van der Waals surface area contributed by atoms with Crippen LogP contribution >= 0.6 is 11.6 Å². The first-order valence-electron chi connectivity index (χ1n) is 5.55. The van der Waals surface area contributed by atoms with Crippen LogP contribution in [0.2, 0.25) is 5.02 Å². The van der Waals surface area contributed by atoms with Crippen LogP contribution in [0.1, 0.15) is 5.56 Å². The van der Waals surface area contributed by atoms with Crippen LogP contribution in [0.5, 0.6) is 0 Å². The number of amides is 2. The van der Waals surface area contributed by atoms with Crippen LogP contribution < -0.4 is 5.32 Å². The molecule has 0 aliphatic carbocycles. The average molecular weight is 287 g/mol. The Kier molecular flexibility index (Phi) is 5.59. The van der Waals surface area contributed by atoms with E-state index in [1.165, 1.54) is 4.90 Å². The highest BCUT2D eigenvalue weighted by Crippen LogP contribution is 2.16. The van der Waals surface area contributed by atoms with Gasteiger partial charge in [0.15, 0.2) is 6.10 Å². The fourth-order valence-electron chi connectivity index (χ4n) is 1.36. The minimum Gasteiger partial charge on any atom is -0.479 e. The molecule has 3 N–H and O–H groups in total. The second-order valence-corrected chi connectivity index (χ2v) is 4.39. The minimum absolute atomic E-state index is 0.286. The Hall–Kier alpha value is -1.79. The molecule has 1 unspecified atom stereocenters. The van der Waals surface area contributed by atoms with E-state index in [-0.39, 0.29) is 13.1 Å². The SMILES string of the molecule is CN(Cc1ccccc1Cl)C(=O)NCC(O)C(=O)O. The highest BCUT2D eigenvalue weighted by atomic mass is 35.5. The third-order valence-electron chi connectivity index (χ3n) is 2.44. The number of hydrogen-bond donors (Lipinski definition) is 3. The standard InChI is InChI=1S/C12H15ClN2O4/c1-15(7-8-4-2-3-5-9(8)13)12(19)14-6-10(16)11(17)18/h2-5,10,16H,6-7H2,1H3,(H,14,19)(H,17,18). The van der Waals surface area contributed by atoms with Crippen LogP contribution in [0.3, 0.4) is 0 Å². The lowest BCUT2D eigenvalue weighted by atomic mass is 10.2. The Labute approximate surface area is 115 Å². The average Bonchev–Trinajstić information content (AvgIpc) is 2.37. The first-order valence-corrected chi connectivity index (χ1v) is 5.93. The van der Waals surface area contributed by atoms with Crippen LogP contribution in [0, 0.1) is 0 Å². The molecule has 0 saturated heterocycles. The number of aliphatic hydroxyl groups excluding tert-OH is 1. The van der Waals surface area contributed by atoms with E-state index in [4.69, 9.17) is 21.8 Å². The molecule has 0 aliphatic rings. The number of carbonyl (C=O) groups excluding carboxylic acids is 1. The number of carboxylic acid groups (broad SMARTS) is 1. The second kappa shape index (κ2) is 6.96. The smallest absolute Gasteiger partial charge is 0.334 e. The summed E-state index contributed by atoms with van der Waals surface area (Å²) in [4.78, 5) is 23.4. The van der Waals surface area contributed by atoms with E-state index in [0.29, 0.717) is 5.02 Å². The predicted molar refractivity (Wildman–Crippen MR) is 70.0 cm³/mol. The van der Waals surface area contributed by atoms with Gasteiger partial charge >= 0.3 is 12.0 Å².